The molecule has 3 aliphatic rings. The summed E-state index contributed by atoms with van der Waals surface area (Å²) in [6.07, 6.45) is -0.308. The molecule has 5 atom stereocenters. The normalized spacial score (nSPS) is 30.5. The fraction of sp³-hybridized carbons (Fsp3) is 0.750. The quantitative estimate of drug-likeness (QED) is 0.387. The van der Waals surface area contributed by atoms with Gasteiger partial charge >= 0.3 is 0 Å². The summed E-state index contributed by atoms with van der Waals surface area (Å²) in [6.45, 7) is 6.60. The molecule has 11 nitrogen and oxygen atoms in total. The summed E-state index contributed by atoms with van der Waals surface area (Å²) in [5.41, 5.74) is 8.33. The van der Waals surface area contributed by atoms with Crippen LogP contribution in [0.4, 0.5) is 0 Å². The SMILES string of the molecule is CC[C@@H](C(N)=O)N1CC2(CCC3(CN([C@H](C(N)=O)[C@@H](C)O)C3=O)N2C(=O)C(C)C)C1=O. The third-order valence-electron chi connectivity index (χ3n) is 6.88. The van der Waals surface area contributed by atoms with Crippen molar-refractivity contribution in [2.45, 2.75) is 76.2 Å². The average Bonchev–Trinajstić information content (AvgIpc) is 3.05. The van der Waals surface area contributed by atoms with Crippen LogP contribution in [0.25, 0.3) is 0 Å². The van der Waals surface area contributed by atoms with Crippen LogP contribution in [0.5, 0.6) is 0 Å². The van der Waals surface area contributed by atoms with Crippen LogP contribution < -0.4 is 11.5 Å². The molecule has 0 aromatic heterocycles. The van der Waals surface area contributed by atoms with Crippen molar-refractivity contribution < 1.29 is 29.1 Å². The largest absolute Gasteiger partial charge is 0.391 e. The van der Waals surface area contributed by atoms with E-state index in [0.29, 0.717) is 6.42 Å². The first kappa shape index (κ1) is 23.0. The van der Waals surface area contributed by atoms with Gasteiger partial charge in [-0.1, -0.05) is 20.8 Å². The molecule has 3 aliphatic heterocycles. The van der Waals surface area contributed by atoms with Gasteiger partial charge in [0.05, 0.1) is 19.2 Å². The van der Waals surface area contributed by atoms with Gasteiger partial charge in [-0.3, -0.25) is 24.0 Å². The summed E-state index contributed by atoms with van der Waals surface area (Å²) < 4.78 is 0. The van der Waals surface area contributed by atoms with Gasteiger partial charge in [-0.25, -0.2) is 0 Å². The summed E-state index contributed by atoms with van der Waals surface area (Å²) >= 11 is 0. The smallest absolute Gasteiger partial charge is 0.251 e. The van der Waals surface area contributed by atoms with E-state index < -0.39 is 58.8 Å². The van der Waals surface area contributed by atoms with Gasteiger partial charge in [-0.15, -0.1) is 0 Å². The second-order valence-corrected chi connectivity index (χ2v) is 9.17. The number of β-lactam (4-membered cyclic amide) rings is 2. The Bertz CT molecular complexity index is 844. The predicted molar refractivity (Wildman–Crippen MR) is 108 cm³/mol. The molecular weight excluding hydrogens is 406 g/mol. The third-order valence-corrected chi connectivity index (χ3v) is 6.88. The Hall–Kier alpha value is -2.69. The standard InChI is InChI=1S/C20H31N5O6/c1-5-12(14(21)27)23-8-19(17(23)30)6-7-20(25(19)16(29)10(2)3)9-24(18(20)31)13(11(4)26)15(22)28/h10-13,26H,5-9H2,1-4H3,(H2,21,27)(H2,22,28)/t11-,12+,13+,19?,20?/m1/s1. The van der Waals surface area contributed by atoms with Crippen molar-refractivity contribution in [3.8, 4) is 0 Å². The third kappa shape index (κ3) is 3.00. The van der Waals surface area contributed by atoms with Gasteiger partial charge in [-0.2, -0.15) is 0 Å². The summed E-state index contributed by atoms with van der Waals surface area (Å²) in [6, 6.07) is -1.98. The molecule has 3 fully saturated rings. The van der Waals surface area contributed by atoms with Crippen molar-refractivity contribution in [3.63, 3.8) is 0 Å². The summed E-state index contributed by atoms with van der Waals surface area (Å²) in [7, 11) is 0. The first-order valence-electron chi connectivity index (χ1n) is 10.6. The number of nitrogens with zero attached hydrogens (tertiary/aromatic N) is 3. The molecular formula is C20H31N5O6. The minimum Gasteiger partial charge on any atom is -0.391 e. The Kier molecular flexibility index (Phi) is 5.54. The van der Waals surface area contributed by atoms with E-state index in [0.717, 1.165) is 0 Å². The lowest BCUT2D eigenvalue weighted by Crippen LogP contribution is -2.84. The molecule has 2 unspecified atom stereocenters. The monoisotopic (exact) mass is 437 g/mol. The van der Waals surface area contributed by atoms with Gasteiger partial charge in [0, 0.05) is 5.92 Å². The van der Waals surface area contributed by atoms with Gasteiger partial charge in [0.2, 0.25) is 17.7 Å². The second kappa shape index (κ2) is 7.47. The molecule has 3 rings (SSSR count). The van der Waals surface area contributed by atoms with E-state index in [1.54, 1.807) is 20.8 Å². The van der Waals surface area contributed by atoms with Gasteiger partial charge in [0.1, 0.15) is 23.2 Å². The molecule has 0 saturated carbocycles. The molecule has 0 aromatic carbocycles. The number of carbonyl (C=O) groups excluding carboxylic acids is 5. The zero-order chi connectivity index (χ0) is 23.5. The van der Waals surface area contributed by atoms with Crippen molar-refractivity contribution >= 4 is 29.5 Å². The predicted octanol–water partition coefficient (Wildman–Crippen LogP) is -2.07. The topological polar surface area (TPSA) is 167 Å². The molecule has 11 heteroatoms. The van der Waals surface area contributed by atoms with Gasteiger partial charge in [0.15, 0.2) is 0 Å². The van der Waals surface area contributed by atoms with E-state index >= 15 is 0 Å². The molecule has 172 valence electrons. The lowest BCUT2D eigenvalue weighted by Gasteiger charge is -2.60. The van der Waals surface area contributed by atoms with Gasteiger partial charge < -0.3 is 31.3 Å². The van der Waals surface area contributed by atoms with E-state index in [2.05, 4.69) is 0 Å². The van der Waals surface area contributed by atoms with Crippen molar-refractivity contribution in [1.82, 2.24) is 14.7 Å². The van der Waals surface area contributed by atoms with Crippen molar-refractivity contribution in [2.75, 3.05) is 13.1 Å². The van der Waals surface area contributed by atoms with Crippen LogP contribution in [0.2, 0.25) is 0 Å². The molecule has 0 radical (unpaired) electrons. The Morgan fingerprint density at radius 1 is 0.968 bits per heavy atom. The molecule has 5 amide bonds. The molecule has 0 aromatic rings. The first-order chi connectivity index (χ1) is 14.4. The van der Waals surface area contributed by atoms with Crippen LogP contribution in [0, 0.1) is 5.92 Å². The fourth-order valence-electron chi connectivity index (χ4n) is 5.33. The average molecular weight is 437 g/mol. The summed E-state index contributed by atoms with van der Waals surface area (Å²) in [5.74, 6) is -3.18. The Labute approximate surface area is 180 Å². The zero-order valence-electron chi connectivity index (χ0n) is 18.3. The van der Waals surface area contributed by atoms with Gasteiger partial charge in [-0.05, 0) is 26.2 Å². The molecule has 0 aliphatic carbocycles. The van der Waals surface area contributed by atoms with E-state index in [9.17, 15) is 29.1 Å². The van der Waals surface area contributed by atoms with E-state index in [1.807, 2.05) is 0 Å². The zero-order valence-corrected chi connectivity index (χ0v) is 18.3. The second-order valence-electron chi connectivity index (χ2n) is 9.17. The molecule has 3 heterocycles. The highest BCUT2D eigenvalue weighted by molar-refractivity contribution is 6.06. The number of hydrogen-bond acceptors (Lipinski definition) is 6. The van der Waals surface area contributed by atoms with Crippen molar-refractivity contribution in [2.24, 2.45) is 17.4 Å². The summed E-state index contributed by atoms with van der Waals surface area (Å²) in [5, 5.41) is 9.93. The maximum atomic E-state index is 13.3. The fourth-order valence-corrected chi connectivity index (χ4v) is 5.33. The lowest BCUT2D eigenvalue weighted by atomic mass is 9.82. The lowest BCUT2D eigenvalue weighted by molar-refractivity contribution is -0.194. The van der Waals surface area contributed by atoms with Crippen molar-refractivity contribution in [1.29, 1.82) is 0 Å². The minimum absolute atomic E-state index is 0.00482. The van der Waals surface area contributed by atoms with Crippen LogP contribution in [-0.2, 0) is 24.0 Å². The molecule has 2 spiro atoms. The molecule has 5 N–H and O–H groups in total. The van der Waals surface area contributed by atoms with Crippen LogP contribution in [0.3, 0.4) is 0 Å². The summed E-state index contributed by atoms with van der Waals surface area (Å²) in [4.78, 5) is 67.3. The number of carbonyl (C=O) groups is 5. The highest BCUT2D eigenvalue weighted by atomic mass is 16.3. The van der Waals surface area contributed by atoms with Crippen molar-refractivity contribution in [3.05, 3.63) is 0 Å². The molecule has 3 saturated heterocycles. The number of primary amides is 2. The number of aliphatic hydroxyl groups excluding tert-OH is 1. The molecule has 0 bridgehead atoms. The maximum absolute atomic E-state index is 13.3. The van der Waals surface area contributed by atoms with Crippen LogP contribution in [0.1, 0.15) is 47.0 Å². The highest BCUT2D eigenvalue weighted by Crippen LogP contribution is 2.53. The number of hydrogen-bond donors (Lipinski definition) is 3. The van der Waals surface area contributed by atoms with Gasteiger partial charge in [0.25, 0.3) is 11.8 Å². The first-order valence-corrected chi connectivity index (χ1v) is 10.6. The number of rotatable bonds is 7. The van der Waals surface area contributed by atoms with Crippen LogP contribution in [-0.4, -0.2) is 91.7 Å². The highest BCUT2D eigenvalue weighted by Gasteiger charge is 2.74. The van der Waals surface area contributed by atoms with E-state index in [4.69, 9.17) is 11.5 Å². The van der Waals surface area contributed by atoms with Crippen LogP contribution >= 0.6 is 0 Å². The number of amides is 5. The van der Waals surface area contributed by atoms with E-state index in [1.165, 1.54) is 21.6 Å². The molecule has 31 heavy (non-hydrogen) atoms. The van der Waals surface area contributed by atoms with Crippen LogP contribution in [0.15, 0.2) is 0 Å². The van der Waals surface area contributed by atoms with E-state index in [-0.39, 0.29) is 31.8 Å². The Morgan fingerprint density at radius 3 is 1.77 bits per heavy atom. The Balaban J connectivity index is 1.94. The maximum Gasteiger partial charge on any atom is 0.251 e. The minimum atomic E-state index is -1.26. The number of likely N-dealkylation sites (tertiary alicyclic amines) is 3. The number of aliphatic hydroxyl groups is 1. The number of nitrogens with two attached hydrogens (primary N) is 2. The Morgan fingerprint density at radius 2 is 1.45 bits per heavy atom.